The van der Waals surface area contributed by atoms with E-state index in [0.717, 1.165) is 19.4 Å². The Morgan fingerprint density at radius 1 is 1.56 bits per heavy atom. The molecule has 1 N–H and O–H groups in total. The lowest BCUT2D eigenvalue weighted by molar-refractivity contribution is 0.0855. The molecule has 100 valence electrons. The number of nitrogens with one attached hydrogen (secondary N) is 1. The largest absolute Gasteiger partial charge is 0.376 e. The van der Waals surface area contributed by atoms with E-state index in [9.17, 15) is 4.79 Å². The minimum absolute atomic E-state index is 0.118. The fourth-order valence-corrected chi connectivity index (χ4v) is 2.16. The Bertz CT molecular complexity index is 420. The lowest BCUT2D eigenvalue weighted by Crippen LogP contribution is -2.32. The van der Waals surface area contributed by atoms with E-state index in [-0.39, 0.29) is 17.9 Å². The van der Waals surface area contributed by atoms with Crippen molar-refractivity contribution in [1.82, 2.24) is 10.5 Å². The number of rotatable bonds is 4. The quantitative estimate of drug-likeness (QED) is 0.890. The average Bonchev–Trinajstić information content (AvgIpc) is 2.94. The molecule has 2 rings (SSSR count). The lowest BCUT2D eigenvalue weighted by Gasteiger charge is -2.11. The van der Waals surface area contributed by atoms with Gasteiger partial charge < -0.3 is 14.6 Å². The van der Waals surface area contributed by atoms with Gasteiger partial charge >= 0.3 is 0 Å². The molecular formula is C13H20N2O3. The van der Waals surface area contributed by atoms with Gasteiger partial charge in [-0.2, -0.15) is 0 Å². The first-order valence-corrected chi connectivity index (χ1v) is 6.45. The molecular weight excluding hydrogens is 232 g/mol. The van der Waals surface area contributed by atoms with Crippen molar-refractivity contribution in [3.63, 3.8) is 0 Å². The molecule has 0 saturated carbocycles. The smallest absolute Gasteiger partial charge is 0.256 e. The molecule has 0 aromatic carbocycles. The third kappa shape index (κ3) is 2.72. The predicted octanol–water partition coefficient (Wildman–Crippen LogP) is 2.02. The molecule has 5 nitrogen and oxygen atoms in total. The normalized spacial score (nSPS) is 19.4. The Labute approximate surface area is 107 Å². The number of carbonyl (C=O) groups excluding carboxylic acids is 1. The van der Waals surface area contributed by atoms with Gasteiger partial charge in [-0.25, -0.2) is 0 Å². The summed E-state index contributed by atoms with van der Waals surface area (Å²) in [5, 5.41) is 6.77. The highest BCUT2D eigenvalue weighted by molar-refractivity contribution is 5.96. The van der Waals surface area contributed by atoms with Gasteiger partial charge in [0.05, 0.1) is 11.8 Å². The van der Waals surface area contributed by atoms with Gasteiger partial charge in [0.25, 0.3) is 5.91 Å². The first kappa shape index (κ1) is 13.1. The number of aryl methyl sites for hydroxylation is 1. The van der Waals surface area contributed by atoms with Gasteiger partial charge in [-0.05, 0) is 19.8 Å². The minimum atomic E-state index is -0.118. The Morgan fingerprint density at radius 2 is 2.33 bits per heavy atom. The van der Waals surface area contributed by atoms with Crippen LogP contribution in [0.4, 0.5) is 0 Å². The number of carbonyl (C=O) groups is 1. The maximum Gasteiger partial charge on any atom is 0.256 e. The molecule has 1 amide bonds. The molecule has 1 atom stereocenters. The SMILES string of the molecule is Cc1noc(C(C)C)c1C(=O)NC[C@H]1CCCO1. The zero-order chi connectivity index (χ0) is 13.1. The zero-order valence-corrected chi connectivity index (χ0v) is 11.2. The fraction of sp³-hybridized carbons (Fsp3) is 0.692. The van der Waals surface area contributed by atoms with E-state index in [1.54, 1.807) is 6.92 Å². The first-order valence-electron chi connectivity index (χ1n) is 6.45. The third-order valence-corrected chi connectivity index (χ3v) is 3.15. The van der Waals surface area contributed by atoms with E-state index >= 15 is 0 Å². The van der Waals surface area contributed by atoms with Crippen LogP contribution >= 0.6 is 0 Å². The van der Waals surface area contributed by atoms with Gasteiger partial charge in [0.1, 0.15) is 5.56 Å². The molecule has 0 radical (unpaired) electrons. The second kappa shape index (κ2) is 5.52. The highest BCUT2D eigenvalue weighted by Crippen LogP contribution is 2.22. The maximum absolute atomic E-state index is 12.1. The molecule has 0 spiro atoms. The molecule has 1 fully saturated rings. The summed E-state index contributed by atoms with van der Waals surface area (Å²) in [7, 11) is 0. The summed E-state index contributed by atoms with van der Waals surface area (Å²) < 4.78 is 10.7. The molecule has 1 aromatic rings. The third-order valence-electron chi connectivity index (χ3n) is 3.15. The molecule has 2 heterocycles. The Morgan fingerprint density at radius 3 is 2.94 bits per heavy atom. The van der Waals surface area contributed by atoms with Gasteiger partial charge in [0.2, 0.25) is 0 Å². The van der Waals surface area contributed by atoms with E-state index in [2.05, 4.69) is 10.5 Å². The summed E-state index contributed by atoms with van der Waals surface area (Å²) in [5.74, 6) is 0.681. The Kier molecular flexibility index (Phi) is 4.01. The van der Waals surface area contributed by atoms with Crippen molar-refractivity contribution in [2.75, 3.05) is 13.2 Å². The number of aromatic nitrogens is 1. The summed E-state index contributed by atoms with van der Waals surface area (Å²) >= 11 is 0. The first-order chi connectivity index (χ1) is 8.59. The van der Waals surface area contributed by atoms with Gasteiger partial charge in [-0.3, -0.25) is 4.79 Å². The monoisotopic (exact) mass is 252 g/mol. The highest BCUT2D eigenvalue weighted by Gasteiger charge is 2.23. The second-order valence-corrected chi connectivity index (χ2v) is 5.01. The molecule has 1 saturated heterocycles. The standard InChI is InChI=1S/C13H20N2O3/c1-8(2)12-11(9(3)15-18-12)13(16)14-7-10-5-4-6-17-10/h8,10H,4-7H2,1-3H3,(H,14,16)/t10-/m1/s1. The number of nitrogens with zero attached hydrogens (tertiary/aromatic N) is 1. The fourth-order valence-electron chi connectivity index (χ4n) is 2.16. The van der Waals surface area contributed by atoms with Gasteiger partial charge in [-0.15, -0.1) is 0 Å². The Hall–Kier alpha value is -1.36. The van der Waals surface area contributed by atoms with Crippen molar-refractivity contribution in [3.05, 3.63) is 17.0 Å². The van der Waals surface area contributed by atoms with Crippen molar-refractivity contribution in [2.45, 2.75) is 45.6 Å². The summed E-state index contributed by atoms with van der Waals surface area (Å²) in [6.45, 7) is 7.11. The van der Waals surface area contributed by atoms with E-state index in [1.165, 1.54) is 0 Å². The number of amides is 1. The number of hydrogen-bond acceptors (Lipinski definition) is 4. The van der Waals surface area contributed by atoms with Crippen LogP contribution in [0.5, 0.6) is 0 Å². The second-order valence-electron chi connectivity index (χ2n) is 5.01. The molecule has 5 heteroatoms. The van der Waals surface area contributed by atoms with Crippen LogP contribution in [-0.4, -0.2) is 30.3 Å². The average molecular weight is 252 g/mol. The minimum Gasteiger partial charge on any atom is -0.376 e. The van der Waals surface area contributed by atoms with Crippen LogP contribution in [0.15, 0.2) is 4.52 Å². The van der Waals surface area contributed by atoms with Crippen molar-refractivity contribution in [3.8, 4) is 0 Å². The van der Waals surface area contributed by atoms with Crippen LogP contribution in [0.25, 0.3) is 0 Å². The predicted molar refractivity (Wildman–Crippen MR) is 66.6 cm³/mol. The van der Waals surface area contributed by atoms with Crippen LogP contribution in [0.1, 0.15) is 54.4 Å². The zero-order valence-electron chi connectivity index (χ0n) is 11.2. The number of ether oxygens (including phenoxy) is 1. The molecule has 1 aromatic heterocycles. The summed E-state index contributed by atoms with van der Waals surface area (Å²) in [5.41, 5.74) is 1.21. The summed E-state index contributed by atoms with van der Waals surface area (Å²) in [6.07, 6.45) is 2.24. The van der Waals surface area contributed by atoms with Crippen LogP contribution in [0, 0.1) is 6.92 Å². The van der Waals surface area contributed by atoms with E-state index in [1.807, 2.05) is 13.8 Å². The summed E-state index contributed by atoms with van der Waals surface area (Å²) in [6, 6.07) is 0. The van der Waals surface area contributed by atoms with Crippen molar-refractivity contribution >= 4 is 5.91 Å². The van der Waals surface area contributed by atoms with Gasteiger partial charge in [0, 0.05) is 19.1 Å². The van der Waals surface area contributed by atoms with Crippen molar-refractivity contribution < 1.29 is 14.1 Å². The molecule has 18 heavy (non-hydrogen) atoms. The van der Waals surface area contributed by atoms with E-state index in [0.29, 0.717) is 23.6 Å². The highest BCUT2D eigenvalue weighted by atomic mass is 16.5. The maximum atomic E-state index is 12.1. The topological polar surface area (TPSA) is 64.4 Å². The van der Waals surface area contributed by atoms with Crippen molar-refractivity contribution in [1.29, 1.82) is 0 Å². The van der Waals surface area contributed by atoms with Crippen LogP contribution in [0.3, 0.4) is 0 Å². The molecule has 1 aliphatic rings. The molecule has 0 bridgehead atoms. The van der Waals surface area contributed by atoms with Crippen LogP contribution < -0.4 is 5.32 Å². The van der Waals surface area contributed by atoms with Crippen LogP contribution in [-0.2, 0) is 4.74 Å². The van der Waals surface area contributed by atoms with Gasteiger partial charge in [0.15, 0.2) is 5.76 Å². The van der Waals surface area contributed by atoms with Crippen molar-refractivity contribution in [2.24, 2.45) is 0 Å². The molecule has 1 aliphatic heterocycles. The lowest BCUT2D eigenvalue weighted by atomic mass is 10.0. The Balaban J connectivity index is 2.01. The summed E-state index contributed by atoms with van der Waals surface area (Å²) in [4.78, 5) is 12.1. The molecule has 0 unspecified atom stereocenters. The van der Waals surface area contributed by atoms with E-state index in [4.69, 9.17) is 9.26 Å². The van der Waals surface area contributed by atoms with Crippen LogP contribution in [0.2, 0.25) is 0 Å². The van der Waals surface area contributed by atoms with E-state index < -0.39 is 0 Å². The molecule has 0 aliphatic carbocycles. The number of hydrogen-bond donors (Lipinski definition) is 1. The van der Waals surface area contributed by atoms with Gasteiger partial charge in [-0.1, -0.05) is 19.0 Å².